The van der Waals surface area contributed by atoms with Crippen LogP contribution in [0.4, 0.5) is 0 Å². The lowest BCUT2D eigenvalue weighted by Crippen LogP contribution is -2.19. The Kier molecular flexibility index (Phi) is 5.41. The predicted molar refractivity (Wildman–Crippen MR) is 141 cm³/mol. The minimum absolute atomic E-state index is 0.284. The third-order valence-corrected chi connectivity index (χ3v) is 6.69. The zero-order chi connectivity index (χ0) is 25.5. The fourth-order valence-electron chi connectivity index (χ4n) is 4.73. The van der Waals surface area contributed by atoms with E-state index in [1.54, 1.807) is 42.1 Å². The van der Waals surface area contributed by atoms with E-state index >= 15 is 0 Å². The molecule has 1 N–H and O–H groups in total. The molecule has 6 rings (SSSR count). The molecule has 3 heterocycles. The molecular formula is C29H23N5O3. The van der Waals surface area contributed by atoms with E-state index in [-0.39, 0.29) is 5.56 Å². The number of pyridine rings is 1. The molecule has 8 heteroatoms. The molecule has 0 saturated carbocycles. The topological polar surface area (TPSA) is 94.9 Å². The van der Waals surface area contributed by atoms with Crippen LogP contribution in [0.5, 0.6) is 0 Å². The van der Waals surface area contributed by atoms with E-state index in [1.807, 2.05) is 67.0 Å². The molecule has 0 spiro atoms. The summed E-state index contributed by atoms with van der Waals surface area (Å²) in [5.74, 6) is -1.74. The summed E-state index contributed by atoms with van der Waals surface area (Å²) in [5, 5.41) is 19.4. The second kappa shape index (κ2) is 8.91. The number of benzene rings is 3. The number of nitrogens with zero attached hydrogens (tertiary/aromatic N) is 5. The van der Waals surface area contributed by atoms with Crippen molar-refractivity contribution < 1.29 is 9.90 Å². The maximum atomic E-state index is 13.6. The quantitative estimate of drug-likeness (QED) is 0.366. The van der Waals surface area contributed by atoms with Gasteiger partial charge in [0.25, 0.3) is 5.56 Å². The number of carboxylic acid groups (broad SMARTS) is 1. The zero-order valence-electron chi connectivity index (χ0n) is 20.0. The number of hydrogen-bond donors (Lipinski definition) is 1. The number of fused-ring (bicyclic) bond motifs is 3. The van der Waals surface area contributed by atoms with E-state index in [1.165, 1.54) is 4.68 Å². The molecule has 1 aromatic heterocycles. The van der Waals surface area contributed by atoms with Gasteiger partial charge in [-0.25, -0.2) is 4.68 Å². The second-order valence-corrected chi connectivity index (χ2v) is 8.99. The molecule has 2 aliphatic heterocycles. The lowest BCUT2D eigenvalue weighted by Gasteiger charge is -2.14. The molecule has 37 heavy (non-hydrogen) atoms. The highest BCUT2D eigenvalue weighted by Gasteiger charge is 2.24. The first kappa shape index (κ1) is 22.5. The van der Waals surface area contributed by atoms with E-state index in [9.17, 15) is 14.7 Å². The monoisotopic (exact) mass is 489 g/mol. The fraction of sp³-hybridized carbons (Fsp3) is 0.103. The van der Waals surface area contributed by atoms with Gasteiger partial charge in [0.15, 0.2) is 0 Å². The summed E-state index contributed by atoms with van der Waals surface area (Å²) < 4.78 is 5.19. The molecule has 0 aliphatic carbocycles. The highest BCUT2D eigenvalue weighted by Crippen LogP contribution is 2.30. The Labute approximate surface area is 212 Å². The Morgan fingerprint density at radius 2 is 1.73 bits per heavy atom. The Hall–Kier alpha value is -4.98. The van der Waals surface area contributed by atoms with Gasteiger partial charge in [0.2, 0.25) is 0 Å². The normalized spacial score (nSPS) is 12.2. The van der Waals surface area contributed by atoms with Crippen LogP contribution in [0.2, 0.25) is 0 Å². The molecule has 1 unspecified atom stereocenters. The van der Waals surface area contributed by atoms with Crippen molar-refractivity contribution in [3.8, 4) is 22.6 Å². The van der Waals surface area contributed by atoms with Gasteiger partial charge in [-0.3, -0.25) is 9.59 Å². The van der Waals surface area contributed by atoms with Crippen molar-refractivity contribution in [2.45, 2.75) is 19.4 Å². The number of carboxylic acids is 1. The van der Waals surface area contributed by atoms with Crippen LogP contribution in [0.1, 0.15) is 24.0 Å². The molecule has 3 aromatic carbocycles. The van der Waals surface area contributed by atoms with Crippen LogP contribution in [-0.2, 0) is 11.3 Å². The molecule has 0 amide bonds. The van der Waals surface area contributed by atoms with Crippen LogP contribution < -0.4 is 5.56 Å². The molecule has 8 nitrogen and oxygen atoms in total. The highest BCUT2D eigenvalue weighted by molar-refractivity contribution is 5.93. The molecular weight excluding hydrogens is 466 g/mol. The molecule has 0 saturated heterocycles. The summed E-state index contributed by atoms with van der Waals surface area (Å²) in [6.07, 6.45) is 5.48. The maximum absolute atomic E-state index is 13.6. The van der Waals surface area contributed by atoms with Crippen molar-refractivity contribution in [2.75, 3.05) is 0 Å². The van der Waals surface area contributed by atoms with Crippen LogP contribution in [0.25, 0.3) is 33.5 Å². The summed E-state index contributed by atoms with van der Waals surface area (Å²) in [5.41, 5.74) is 4.78. The van der Waals surface area contributed by atoms with Crippen LogP contribution in [0.3, 0.4) is 0 Å². The van der Waals surface area contributed by atoms with Crippen LogP contribution in [0.15, 0.2) is 102 Å². The first-order chi connectivity index (χ1) is 18.0. The van der Waals surface area contributed by atoms with Crippen molar-refractivity contribution >= 4 is 16.9 Å². The number of aromatic nitrogens is 5. The number of rotatable bonds is 6. The third kappa shape index (κ3) is 3.88. The lowest BCUT2D eigenvalue weighted by molar-refractivity contribution is -0.138. The van der Waals surface area contributed by atoms with Crippen molar-refractivity contribution in [1.29, 1.82) is 0 Å². The Morgan fingerprint density at radius 1 is 0.973 bits per heavy atom. The molecule has 0 bridgehead atoms. The predicted octanol–water partition coefficient (Wildman–Crippen LogP) is 4.71. The SMILES string of the molecule is CC(C(=O)O)c1ccccc1-n1nc2c3ccccc3n(Cc3ccc(-n4cccn4)cc3)cc-2c1=O. The smallest absolute Gasteiger partial charge is 0.310 e. The maximum Gasteiger partial charge on any atom is 0.310 e. The average molecular weight is 490 g/mol. The molecule has 1 atom stereocenters. The van der Waals surface area contributed by atoms with Gasteiger partial charge in [0.05, 0.1) is 28.4 Å². The summed E-state index contributed by atoms with van der Waals surface area (Å²) in [4.78, 5) is 25.3. The average Bonchev–Trinajstić information content (AvgIpc) is 3.58. The van der Waals surface area contributed by atoms with Gasteiger partial charge in [-0.2, -0.15) is 14.9 Å². The lowest BCUT2D eigenvalue weighted by atomic mass is 9.99. The van der Waals surface area contributed by atoms with E-state index in [2.05, 4.69) is 14.8 Å². The highest BCUT2D eigenvalue weighted by atomic mass is 16.4. The summed E-state index contributed by atoms with van der Waals surface area (Å²) in [6.45, 7) is 2.17. The van der Waals surface area contributed by atoms with E-state index < -0.39 is 11.9 Å². The minimum Gasteiger partial charge on any atom is -0.481 e. The van der Waals surface area contributed by atoms with Gasteiger partial charge in [-0.1, -0.05) is 48.5 Å². The van der Waals surface area contributed by atoms with Gasteiger partial charge in [0, 0.05) is 30.5 Å². The second-order valence-electron chi connectivity index (χ2n) is 8.99. The molecule has 182 valence electrons. The first-order valence-electron chi connectivity index (χ1n) is 11.9. The number of hydrogen-bond acceptors (Lipinski definition) is 4. The largest absolute Gasteiger partial charge is 0.481 e. The minimum atomic E-state index is -0.960. The fourth-order valence-corrected chi connectivity index (χ4v) is 4.73. The van der Waals surface area contributed by atoms with Gasteiger partial charge in [0.1, 0.15) is 5.69 Å². The summed E-state index contributed by atoms with van der Waals surface area (Å²) in [7, 11) is 0. The van der Waals surface area contributed by atoms with Crippen LogP contribution in [0, 0.1) is 0 Å². The Morgan fingerprint density at radius 3 is 2.49 bits per heavy atom. The van der Waals surface area contributed by atoms with Gasteiger partial charge in [-0.05, 0) is 48.4 Å². The van der Waals surface area contributed by atoms with E-state index in [4.69, 9.17) is 0 Å². The Bertz CT molecular complexity index is 1760. The van der Waals surface area contributed by atoms with Gasteiger partial charge >= 0.3 is 5.97 Å². The number of carbonyl (C=O) groups is 1. The molecule has 0 radical (unpaired) electrons. The molecule has 2 aliphatic rings. The summed E-state index contributed by atoms with van der Waals surface area (Å²) in [6, 6.07) is 24.9. The van der Waals surface area contributed by atoms with Crippen LogP contribution >= 0.6 is 0 Å². The van der Waals surface area contributed by atoms with Crippen molar-refractivity contribution in [3.05, 3.63) is 119 Å². The third-order valence-electron chi connectivity index (χ3n) is 6.69. The number of aliphatic carboxylic acids is 1. The standard InChI is InChI=1S/C29H23N5O3/c1-19(29(36)37)22-7-2-5-10-26(22)34-28(35)24-18-32(25-9-4-3-8-23(25)27(24)31-34)17-20-11-13-21(14-12-20)33-16-6-15-30-33/h2-16,18-19H,17H2,1H3,(H,36,37). The molecule has 4 aromatic rings. The van der Waals surface area contributed by atoms with Crippen LogP contribution in [-0.4, -0.2) is 35.2 Å². The van der Waals surface area contributed by atoms with Gasteiger partial charge < -0.3 is 9.67 Å². The zero-order valence-corrected chi connectivity index (χ0v) is 20.0. The van der Waals surface area contributed by atoms with E-state index in [0.29, 0.717) is 29.1 Å². The van der Waals surface area contributed by atoms with Crippen molar-refractivity contribution in [1.82, 2.24) is 24.1 Å². The van der Waals surface area contributed by atoms with Gasteiger partial charge in [-0.15, -0.1) is 0 Å². The number of para-hydroxylation sites is 2. The first-order valence-corrected chi connectivity index (χ1v) is 11.9. The van der Waals surface area contributed by atoms with Crippen molar-refractivity contribution in [3.63, 3.8) is 0 Å². The Balaban J connectivity index is 1.48. The van der Waals surface area contributed by atoms with Crippen molar-refractivity contribution in [2.24, 2.45) is 0 Å². The molecule has 0 fully saturated rings. The summed E-state index contributed by atoms with van der Waals surface area (Å²) >= 11 is 0. The van der Waals surface area contributed by atoms with E-state index in [0.717, 1.165) is 22.2 Å².